The summed E-state index contributed by atoms with van der Waals surface area (Å²) in [6.45, 7) is 6.49. The lowest BCUT2D eigenvalue weighted by Crippen LogP contribution is -2.16. The van der Waals surface area contributed by atoms with Crippen molar-refractivity contribution in [3.63, 3.8) is 0 Å². The van der Waals surface area contributed by atoms with E-state index in [0.717, 1.165) is 11.8 Å². The maximum atomic E-state index is 10.6. The Hall–Kier alpha value is -1.40. The van der Waals surface area contributed by atoms with Crippen LogP contribution in [0, 0.1) is 11.5 Å². The molecule has 0 atom stereocenters. The molecular weight excluding hydrogens is 190 g/mol. The Labute approximate surface area is 85.4 Å². The maximum absolute atomic E-state index is 10.6. The van der Waals surface area contributed by atoms with Crippen molar-refractivity contribution in [1.29, 1.82) is 0 Å². The minimum atomic E-state index is -1.38. The fourth-order valence-electron chi connectivity index (χ4n) is 0.872. The molecule has 0 unspecified atom stereocenters. The largest absolute Gasteiger partial charge is 0.296 e. The number of hydrogen-bond donors (Lipinski definition) is 0. The molecule has 0 aliphatic carbocycles. The van der Waals surface area contributed by atoms with E-state index < -0.39 is 8.07 Å². The Morgan fingerprint density at radius 3 is 2.71 bits per heavy atom. The van der Waals surface area contributed by atoms with Gasteiger partial charge in [-0.3, -0.25) is 9.78 Å². The molecule has 0 aliphatic rings. The molecule has 0 saturated heterocycles. The third kappa shape index (κ3) is 3.15. The van der Waals surface area contributed by atoms with Crippen molar-refractivity contribution in [2.45, 2.75) is 19.6 Å². The molecule has 2 nitrogen and oxygen atoms in total. The predicted octanol–water partition coefficient (Wildman–Crippen LogP) is 2.12. The number of carbonyl (C=O) groups excluding carboxylic acids is 1. The van der Waals surface area contributed by atoms with Crippen molar-refractivity contribution in [3.8, 4) is 11.5 Å². The van der Waals surface area contributed by atoms with E-state index in [-0.39, 0.29) is 0 Å². The lowest BCUT2D eigenvalue weighted by atomic mass is 10.2. The topological polar surface area (TPSA) is 30.0 Å². The Morgan fingerprint density at radius 2 is 2.14 bits per heavy atom. The summed E-state index contributed by atoms with van der Waals surface area (Å²) in [5.41, 5.74) is 4.36. The van der Waals surface area contributed by atoms with E-state index in [1.54, 1.807) is 12.3 Å². The molecule has 0 fully saturated rings. The van der Waals surface area contributed by atoms with E-state index >= 15 is 0 Å². The second kappa shape index (κ2) is 4.21. The number of pyridine rings is 1. The molecule has 72 valence electrons. The summed E-state index contributed by atoms with van der Waals surface area (Å²) >= 11 is 0. The van der Waals surface area contributed by atoms with Gasteiger partial charge in [0.15, 0.2) is 6.29 Å². The molecule has 0 saturated carbocycles. The Morgan fingerprint density at radius 1 is 1.43 bits per heavy atom. The molecule has 1 rings (SSSR count). The van der Waals surface area contributed by atoms with Gasteiger partial charge in [-0.25, -0.2) is 0 Å². The van der Waals surface area contributed by atoms with Gasteiger partial charge in [-0.05, 0) is 12.1 Å². The summed E-state index contributed by atoms with van der Waals surface area (Å²) in [6.07, 6.45) is 2.34. The van der Waals surface area contributed by atoms with Crippen LogP contribution in [0.3, 0.4) is 0 Å². The van der Waals surface area contributed by atoms with Gasteiger partial charge in [0, 0.05) is 6.20 Å². The first-order valence-electron chi connectivity index (χ1n) is 4.46. The normalized spacial score (nSPS) is 10.2. The molecule has 0 spiro atoms. The fourth-order valence-corrected chi connectivity index (χ4v) is 1.38. The zero-order valence-electron chi connectivity index (χ0n) is 8.66. The summed E-state index contributed by atoms with van der Waals surface area (Å²) in [4.78, 5) is 14.6. The Kier molecular flexibility index (Phi) is 3.21. The van der Waals surface area contributed by atoms with Gasteiger partial charge < -0.3 is 0 Å². The molecule has 1 aromatic rings. The number of rotatable bonds is 1. The van der Waals surface area contributed by atoms with Crippen molar-refractivity contribution in [2.75, 3.05) is 0 Å². The van der Waals surface area contributed by atoms with Crippen LogP contribution in [-0.2, 0) is 0 Å². The van der Waals surface area contributed by atoms with Gasteiger partial charge >= 0.3 is 0 Å². The van der Waals surface area contributed by atoms with Crippen molar-refractivity contribution >= 4 is 14.4 Å². The summed E-state index contributed by atoms with van der Waals surface area (Å²) in [5.74, 6) is 3.02. The molecule has 0 aromatic carbocycles. The number of carbonyl (C=O) groups is 1. The minimum absolute atomic E-state index is 0.429. The molecule has 0 N–H and O–H groups in total. The van der Waals surface area contributed by atoms with Gasteiger partial charge in [0.05, 0.1) is 5.56 Å². The first-order chi connectivity index (χ1) is 6.53. The minimum Gasteiger partial charge on any atom is -0.296 e. The van der Waals surface area contributed by atoms with Gasteiger partial charge in [0.1, 0.15) is 13.8 Å². The summed E-state index contributed by atoms with van der Waals surface area (Å²) in [5, 5.41) is 0. The van der Waals surface area contributed by atoms with Crippen LogP contribution >= 0.6 is 0 Å². The molecule has 1 heterocycles. The van der Waals surface area contributed by atoms with Crippen molar-refractivity contribution in [2.24, 2.45) is 0 Å². The molecule has 3 heteroatoms. The highest BCUT2D eigenvalue weighted by Crippen LogP contribution is 2.02. The van der Waals surface area contributed by atoms with Crippen molar-refractivity contribution in [1.82, 2.24) is 4.98 Å². The molecule has 0 aliphatic heterocycles. The highest BCUT2D eigenvalue weighted by atomic mass is 28.3. The van der Waals surface area contributed by atoms with Crippen LogP contribution < -0.4 is 0 Å². The van der Waals surface area contributed by atoms with E-state index in [0.29, 0.717) is 5.69 Å². The van der Waals surface area contributed by atoms with Crippen molar-refractivity contribution < 1.29 is 4.79 Å². The molecule has 1 aromatic heterocycles. The van der Waals surface area contributed by atoms with Crippen LogP contribution in [0.2, 0.25) is 19.6 Å². The summed E-state index contributed by atoms with van der Waals surface area (Å²) in [7, 11) is -1.38. The summed E-state index contributed by atoms with van der Waals surface area (Å²) in [6, 6.07) is 3.62. The first kappa shape index (κ1) is 10.7. The van der Waals surface area contributed by atoms with Gasteiger partial charge in [-0.15, -0.1) is 5.54 Å². The Balaban J connectivity index is 3.06. The third-order valence-corrected chi connectivity index (χ3v) is 2.40. The van der Waals surface area contributed by atoms with Gasteiger partial charge in [-0.1, -0.05) is 25.6 Å². The standard InChI is InChI=1S/C11H13NOSi/c1-14(2,3)8-6-10-5-4-7-12-11(10)9-13/h4-5,7,9H,1-3H3. The lowest BCUT2D eigenvalue weighted by molar-refractivity contribution is 0.111. The smallest absolute Gasteiger partial charge is 0.169 e. The van der Waals surface area contributed by atoms with Crippen LogP contribution in [-0.4, -0.2) is 19.3 Å². The molecule has 0 amide bonds. The SMILES string of the molecule is C[Si](C)(C)C#Cc1cccnc1C=O. The molecular formula is C11H13NOSi. The molecule has 14 heavy (non-hydrogen) atoms. The quantitative estimate of drug-likeness (QED) is 0.397. The highest BCUT2D eigenvalue weighted by molar-refractivity contribution is 6.83. The fraction of sp³-hybridized carbons (Fsp3) is 0.273. The number of hydrogen-bond acceptors (Lipinski definition) is 2. The van der Waals surface area contributed by atoms with E-state index in [9.17, 15) is 4.79 Å². The monoisotopic (exact) mass is 203 g/mol. The van der Waals surface area contributed by atoms with E-state index in [4.69, 9.17) is 0 Å². The van der Waals surface area contributed by atoms with E-state index in [1.807, 2.05) is 6.07 Å². The van der Waals surface area contributed by atoms with Crippen LogP contribution in [0.1, 0.15) is 16.1 Å². The zero-order chi connectivity index (χ0) is 10.6. The van der Waals surface area contributed by atoms with E-state index in [2.05, 4.69) is 36.1 Å². The second-order valence-electron chi connectivity index (χ2n) is 4.05. The van der Waals surface area contributed by atoms with Crippen molar-refractivity contribution in [3.05, 3.63) is 29.6 Å². The average Bonchev–Trinajstić information content (AvgIpc) is 2.14. The number of aldehydes is 1. The van der Waals surface area contributed by atoms with Gasteiger partial charge in [0.2, 0.25) is 0 Å². The number of aromatic nitrogens is 1. The van der Waals surface area contributed by atoms with Crippen LogP contribution in [0.25, 0.3) is 0 Å². The average molecular weight is 203 g/mol. The van der Waals surface area contributed by atoms with Crippen LogP contribution in [0.5, 0.6) is 0 Å². The molecule has 0 radical (unpaired) electrons. The third-order valence-electron chi connectivity index (χ3n) is 1.52. The van der Waals surface area contributed by atoms with Gasteiger partial charge in [0.25, 0.3) is 0 Å². The predicted molar refractivity (Wildman–Crippen MR) is 59.8 cm³/mol. The summed E-state index contributed by atoms with van der Waals surface area (Å²) < 4.78 is 0. The second-order valence-corrected chi connectivity index (χ2v) is 8.80. The first-order valence-corrected chi connectivity index (χ1v) is 7.96. The van der Waals surface area contributed by atoms with Gasteiger partial charge in [-0.2, -0.15) is 0 Å². The lowest BCUT2D eigenvalue weighted by Gasteiger charge is -2.03. The zero-order valence-corrected chi connectivity index (χ0v) is 9.66. The highest BCUT2D eigenvalue weighted by Gasteiger charge is 2.08. The number of nitrogens with zero attached hydrogens (tertiary/aromatic N) is 1. The van der Waals surface area contributed by atoms with Crippen LogP contribution in [0.4, 0.5) is 0 Å². The molecule has 0 bridgehead atoms. The van der Waals surface area contributed by atoms with Crippen LogP contribution in [0.15, 0.2) is 18.3 Å². The Bertz CT molecular complexity index is 396. The van der Waals surface area contributed by atoms with E-state index in [1.165, 1.54) is 0 Å². The maximum Gasteiger partial charge on any atom is 0.169 e.